The third kappa shape index (κ3) is 1.72. The van der Waals surface area contributed by atoms with Gasteiger partial charge in [-0.2, -0.15) is 0 Å². The first-order valence-electron chi connectivity index (χ1n) is 5.37. The van der Waals surface area contributed by atoms with Crippen LogP contribution < -0.4 is 5.56 Å². The summed E-state index contributed by atoms with van der Waals surface area (Å²) in [7, 11) is 0. The molecule has 0 aliphatic heterocycles. The molecule has 0 saturated carbocycles. The minimum atomic E-state index is -0.0875. The SMILES string of the molecule is O=c1cc2ccccc2c(-c2ccncc2)[nH]1. The highest BCUT2D eigenvalue weighted by molar-refractivity contribution is 5.94. The average molecular weight is 222 g/mol. The van der Waals surface area contributed by atoms with Crippen LogP contribution in [0.3, 0.4) is 0 Å². The fourth-order valence-electron chi connectivity index (χ4n) is 1.96. The van der Waals surface area contributed by atoms with Gasteiger partial charge in [-0.25, -0.2) is 0 Å². The number of fused-ring (bicyclic) bond motifs is 1. The lowest BCUT2D eigenvalue weighted by Gasteiger charge is -2.05. The maximum absolute atomic E-state index is 11.6. The van der Waals surface area contributed by atoms with Gasteiger partial charge >= 0.3 is 0 Å². The van der Waals surface area contributed by atoms with Gasteiger partial charge in [0.15, 0.2) is 0 Å². The van der Waals surface area contributed by atoms with Crippen molar-refractivity contribution in [2.24, 2.45) is 0 Å². The van der Waals surface area contributed by atoms with E-state index >= 15 is 0 Å². The summed E-state index contributed by atoms with van der Waals surface area (Å²) in [6.07, 6.45) is 3.44. The number of nitrogens with one attached hydrogen (secondary N) is 1. The molecule has 0 fully saturated rings. The highest BCUT2D eigenvalue weighted by Crippen LogP contribution is 2.24. The molecule has 2 heterocycles. The zero-order valence-corrected chi connectivity index (χ0v) is 9.05. The second kappa shape index (κ2) is 3.87. The third-order valence-corrected chi connectivity index (χ3v) is 2.73. The van der Waals surface area contributed by atoms with Crippen LogP contribution in [0.5, 0.6) is 0 Å². The average Bonchev–Trinajstić information content (AvgIpc) is 2.39. The maximum atomic E-state index is 11.6. The van der Waals surface area contributed by atoms with Crippen molar-refractivity contribution in [1.29, 1.82) is 0 Å². The fourth-order valence-corrected chi connectivity index (χ4v) is 1.96. The zero-order chi connectivity index (χ0) is 11.7. The first kappa shape index (κ1) is 9.78. The predicted molar refractivity (Wildman–Crippen MR) is 67.8 cm³/mol. The molecule has 1 aromatic carbocycles. The number of hydrogen-bond acceptors (Lipinski definition) is 2. The Balaban J connectivity index is 2.40. The predicted octanol–water partition coefficient (Wildman–Crippen LogP) is 2.59. The number of nitrogens with zero attached hydrogens (tertiary/aromatic N) is 1. The first-order chi connectivity index (χ1) is 8.34. The van der Waals surface area contributed by atoms with Crippen molar-refractivity contribution in [3.63, 3.8) is 0 Å². The summed E-state index contributed by atoms with van der Waals surface area (Å²) in [5, 5.41) is 1.99. The first-order valence-corrected chi connectivity index (χ1v) is 5.37. The molecule has 1 N–H and O–H groups in total. The summed E-state index contributed by atoms with van der Waals surface area (Å²) >= 11 is 0. The number of benzene rings is 1. The zero-order valence-electron chi connectivity index (χ0n) is 9.05. The van der Waals surface area contributed by atoms with E-state index in [1.54, 1.807) is 18.5 Å². The van der Waals surface area contributed by atoms with Gasteiger partial charge in [0, 0.05) is 29.4 Å². The standard InChI is InChI=1S/C14H10N2O/c17-13-9-11-3-1-2-4-12(11)14(16-13)10-5-7-15-8-6-10/h1-9H,(H,16,17). The molecule has 0 radical (unpaired) electrons. The van der Waals surface area contributed by atoms with Gasteiger partial charge in [-0.1, -0.05) is 24.3 Å². The summed E-state index contributed by atoms with van der Waals surface area (Å²) in [5.41, 5.74) is 1.72. The minimum Gasteiger partial charge on any atom is -0.321 e. The Kier molecular flexibility index (Phi) is 2.22. The van der Waals surface area contributed by atoms with Gasteiger partial charge in [0.05, 0.1) is 5.69 Å². The van der Waals surface area contributed by atoms with Crippen molar-refractivity contribution < 1.29 is 0 Å². The Morgan fingerprint density at radius 2 is 1.76 bits per heavy atom. The number of aromatic nitrogens is 2. The van der Waals surface area contributed by atoms with E-state index in [2.05, 4.69) is 9.97 Å². The number of pyridine rings is 2. The molecule has 0 aliphatic rings. The highest BCUT2D eigenvalue weighted by Gasteiger charge is 2.04. The molecule has 0 unspecified atom stereocenters. The second-order valence-electron chi connectivity index (χ2n) is 3.83. The van der Waals surface area contributed by atoms with Crippen molar-refractivity contribution in [1.82, 2.24) is 9.97 Å². The van der Waals surface area contributed by atoms with E-state index in [0.717, 1.165) is 22.0 Å². The molecule has 0 aliphatic carbocycles. The minimum absolute atomic E-state index is 0.0875. The van der Waals surface area contributed by atoms with E-state index in [1.807, 2.05) is 36.4 Å². The van der Waals surface area contributed by atoms with Gasteiger partial charge in [-0.05, 0) is 17.5 Å². The van der Waals surface area contributed by atoms with E-state index in [0.29, 0.717) is 0 Å². The van der Waals surface area contributed by atoms with Crippen molar-refractivity contribution in [2.75, 3.05) is 0 Å². The van der Waals surface area contributed by atoms with Gasteiger partial charge in [0.1, 0.15) is 0 Å². The molecule has 3 rings (SSSR count). The molecule has 0 atom stereocenters. The second-order valence-corrected chi connectivity index (χ2v) is 3.83. The molecule has 2 aromatic heterocycles. The topological polar surface area (TPSA) is 45.8 Å². The van der Waals surface area contributed by atoms with Gasteiger partial charge < -0.3 is 4.98 Å². The number of hydrogen-bond donors (Lipinski definition) is 1. The monoisotopic (exact) mass is 222 g/mol. The molecule has 82 valence electrons. The van der Waals surface area contributed by atoms with E-state index in [9.17, 15) is 4.79 Å². The van der Waals surface area contributed by atoms with Crippen LogP contribution in [-0.4, -0.2) is 9.97 Å². The van der Waals surface area contributed by atoms with E-state index in [1.165, 1.54) is 0 Å². The summed E-state index contributed by atoms with van der Waals surface area (Å²) in [6, 6.07) is 13.2. The Hall–Kier alpha value is -2.42. The van der Waals surface area contributed by atoms with E-state index in [-0.39, 0.29) is 5.56 Å². The van der Waals surface area contributed by atoms with Crippen LogP contribution in [0, 0.1) is 0 Å². The lowest BCUT2D eigenvalue weighted by atomic mass is 10.1. The van der Waals surface area contributed by atoms with Crippen LogP contribution in [0.25, 0.3) is 22.0 Å². The van der Waals surface area contributed by atoms with E-state index in [4.69, 9.17) is 0 Å². The third-order valence-electron chi connectivity index (χ3n) is 2.73. The van der Waals surface area contributed by atoms with Crippen LogP contribution in [0.1, 0.15) is 0 Å². The quantitative estimate of drug-likeness (QED) is 0.687. The Labute approximate surface area is 97.8 Å². The lowest BCUT2D eigenvalue weighted by molar-refractivity contribution is 1.25. The molecule has 0 bridgehead atoms. The number of H-pyrrole nitrogens is 1. The van der Waals surface area contributed by atoms with Gasteiger partial charge in [-0.3, -0.25) is 9.78 Å². The molecule has 3 nitrogen and oxygen atoms in total. The van der Waals surface area contributed by atoms with Gasteiger partial charge in [0.25, 0.3) is 0 Å². The molecular formula is C14H10N2O. The number of rotatable bonds is 1. The summed E-state index contributed by atoms with van der Waals surface area (Å²) in [6.45, 7) is 0. The number of aromatic amines is 1. The Bertz CT molecular complexity index is 717. The fraction of sp³-hybridized carbons (Fsp3) is 0. The molecule has 0 saturated heterocycles. The van der Waals surface area contributed by atoms with Crippen molar-refractivity contribution >= 4 is 10.8 Å². The normalized spacial score (nSPS) is 10.6. The maximum Gasteiger partial charge on any atom is 0.249 e. The van der Waals surface area contributed by atoms with Crippen molar-refractivity contribution in [3.8, 4) is 11.3 Å². The van der Waals surface area contributed by atoms with Crippen LogP contribution >= 0.6 is 0 Å². The van der Waals surface area contributed by atoms with E-state index < -0.39 is 0 Å². The van der Waals surface area contributed by atoms with Crippen LogP contribution in [-0.2, 0) is 0 Å². The molecule has 3 heteroatoms. The largest absolute Gasteiger partial charge is 0.321 e. The molecular weight excluding hydrogens is 212 g/mol. The molecule has 0 amide bonds. The molecule has 3 aromatic rings. The van der Waals surface area contributed by atoms with Crippen molar-refractivity contribution in [2.45, 2.75) is 0 Å². The summed E-state index contributed by atoms with van der Waals surface area (Å²) in [5.74, 6) is 0. The van der Waals surface area contributed by atoms with Gasteiger partial charge in [-0.15, -0.1) is 0 Å². The van der Waals surface area contributed by atoms with Gasteiger partial charge in [0.2, 0.25) is 5.56 Å². The molecule has 0 spiro atoms. The summed E-state index contributed by atoms with van der Waals surface area (Å²) < 4.78 is 0. The van der Waals surface area contributed by atoms with Crippen molar-refractivity contribution in [3.05, 3.63) is 65.2 Å². The summed E-state index contributed by atoms with van der Waals surface area (Å²) in [4.78, 5) is 18.5. The van der Waals surface area contributed by atoms with Crippen LogP contribution in [0.15, 0.2) is 59.7 Å². The Morgan fingerprint density at radius 1 is 1.00 bits per heavy atom. The van der Waals surface area contributed by atoms with Crippen LogP contribution in [0.2, 0.25) is 0 Å². The highest BCUT2D eigenvalue weighted by atomic mass is 16.1. The van der Waals surface area contributed by atoms with Crippen LogP contribution in [0.4, 0.5) is 0 Å². The lowest BCUT2D eigenvalue weighted by Crippen LogP contribution is -2.05. The smallest absolute Gasteiger partial charge is 0.249 e. The Morgan fingerprint density at radius 3 is 2.59 bits per heavy atom. The molecule has 17 heavy (non-hydrogen) atoms.